The standard InChI is InChI=1S/C15H25N3O/c1-17-8-7-16-15(17)6-5-14(19)11-9-12-3-4-13(10-11)18(12)2/h7-8,11-14,19H,3-6,9-10H2,1-2H3. The van der Waals surface area contributed by atoms with Crippen molar-refractivity contribution >= 4 is 0 Å². The van der Waals surface area contributed by atoms with Crippen LogP contribution in [-0.2, 0) is 13.5 Å². The molecule has 2 fully saturated rings. The number of aliphatic hydroxyl groups is 1. The SMILES string of the molecule is CN1C2CCC1CC(C(O)CCc1nccn1C)C2. The summed E-state index contributed by atoms with van der Waals surface area (Å²) in [6.45, 7) is 0. The van der Waals surface area contributed by atoms with E-state index < -0.39 is 0 Å². The number of rotatable bonds is 4. The van der Waals surface area contributed by atoms with Gasteiger partial charge in [-0.25, -0.2) is 4.98 Å². The van der Waals surface area contributed by atoms with Crippen molar-refractivity contribution < 1.29 is 5.11 Å². The Labute approximate surface area is 115 Å². The van der Waals surface area contributed by atoms with Crippen LogP contribution in [0.5, 0.6) is 0 Å². The summed E-state index contributed by atoms with van der Waals surface area (Å²) in [5.41, 5.74) is 0. The molecule has 0 saturated carbocycles. The molecule has 1 aromatic heterocycles. The van der Waals surface area contributed by atoms with Gasteiger partial charge in [0.1, 0.15) is 5.82 Å². The monoisotopic (exact) mass is 263 g/mol. The fourth-order valence-corrected chi connectivity index (χ4v) is 3.92. The van der Waals surface area contributed by atoms with E-state index >= 15 is 0 Å². The van der Waals surface area contributed by atoms with Gasteiger partial charge in [-0.1, -0.05) is 0 Å². The zero-order valence-electron chi connectivity index (χ0n) is 12.0. The summed E-state index contributed by atoms with van der Waals surface area (Å²) >= 11 is 0. The van der Waals surface area contributed by atoms with E-state index in [1.807, 2.05) is 24.0 Å². The van der Waals surface area contributed by atoms with E-state index in [9.17, 15) is 5.11 Å². The van der Waals surface area contributed by atoms with Gasteiger partial charge >= 0.3 is 0 Å². The highest BCUT2D eigenvalue weighted by Gasteiger charge is 2.40. The van der Waals surface area contributed by atoms with Gasteiger partial charge in [0.05, 0.1) is 6.10 Å². The highest BCUT2D eigenvalue weighted by Crippen LogP contribution is 2.39. The lowest BCUT2D eigenvalue weighted by Crippen LogP contribution is -2.43. The Balaban J connectivity index is 1.54. The maximum atomic E-state index is 10.5. The van der Waals surface area contributed by atoms with Crippen LogP contribution in [0.25, 0.3) is 0 Å². The van der Waals surface area contributed by atoms with Crippen LogP contribution in [0.15, 0.2) is 12.4 Å². The lowest BCUT2D eigenvalue weighted by molar-refractivity contribution is 0.0317. The van der Waals surface area contributed by atoms with Crippen LogP contribution >= 0.6 is 0 Å². The highest BCUT2D eigenvalue weighted by atomic mass is 16.3. The Bertz CT molecular complexity index is 417. The third-order valence-corrected chi connectivity index (χ3v) is 5.26. The molecule has 0 aliphatic carbocycles. The van der Waals surface area contributed by atoms with Gasteiger partial charge in [0, 0.05) is 37.9 Å². The van der Waals surface area contributed by atoms with Gasteiger partial charge in [-0.3, -0.25) is 0 Å². The predicted octanol–water partition coefficient (Wildman–Crippen LogP) is 1.59. The molecule has 0 amide bonds. The van der Waals surface area contributed by atoms with E-state index in [4.69, 9.17) is 0 Å². The number of hydrogen-bond acceptors (Lipinski definition) is 3. The zero-order chi connectivity index (χ0) is 13.4. The number of imidazole rings is 1. The molecule has 19 heavy (non-hydrogen) atoms. The summed E-state index contributed by atoms with van der Waals surface area (Å²) in [6.07, 6.45) is 10.4. The number of aromatic nitrogens is 2. The zero-order valence-corrected chi connectivity index (χ0v) is 12.0. The van der Waals surface area contributed by atoms with Crippen molar-refractivity contribution in [2.45, 2.75) is 56.7 Å². The fraction of sp³-hybridized carbons (Fsp3) is 0.800. The molecule has 3 atom stereocenters. The van der Waals surface area contributed by atoms with Crippen LogP contribution < -0.4 is 0 Å². The quantitative estimate of drug-likeness (QED) is 0.897. The van der Waals surface area contributed by atoms with Gasteiger partial charge in [-0.2, -0.15) is 0 Å². The average Bonchev–Trinajstić information content (AvgIpc) is 2.87. The Hall–Kier alpha value is -0.870. The van der Waals surface area contributed by atoms with Gasteiger partial charge in [-0.15, -0.1) is 0 Å². The molecule has 2 saturated heterocycles. The van der Waals surface area contributed by atoms with Crippen LogP contribution in [0.3, 0.4) is 0 Å². The second kappa shape index (κ2) is 5.25. The van der Waals surface area contributed by atoms with E-state index in [2.05, 4.69) is 16.9 Å². The fourth-order valence-electron chi connectivity index (χ4n) is 3.92. The second-order valence-corrected chi connectivity index (χ2v) is 6.34. The third kappa shape index (κ3) is 2.56. The minimum absolute atomic E-state index is 0.159. The number of fused-ring (bicyclic) bond motifs is 2. The Morgan fingerprint density at radius 1 is 1.32 bits per heavy atom. The minimum Gasteiger partial charge on any atom is -0.393 e. The van der Waals surface area contributed by atoms with E-state index in [0.29, 0.717) is 18.0 Å². The van der Waals surface area contributed by atoms with Crippen molar-refractivity contribution in [1.82, 2.24) is 14.5 Å². The molecule has 3 heterocycles. The molecule has 3 unspecified atom stereocenters. The summed E-state index contributed by atoms with van der Waals surface area (Å²) < 4.78 is 2.05. The molecular weight excluding hydrogens is 238 g/mol. The molecule has 0 radical (unpaired) electrons. The number of hydrogen-bond donors (Lipinski definition) is 1. The lowest BCUT2D eigenvalue weighted by Gasteiger charge is -2.38. The van der Waals surface area contributed by atoms with Crippen molar-refractivity contribution in [2.24, 2.45) is 13.0 Å². The molecule has 0 spiro atoms. The first-order valence-electron chi connectivity index (χ1n) is 7.51. The first-order chi connectivity index (χ1) is 9.15. The maximum Gasteiger partial charge on any atom is 0.108 e. The molecule has 4 nitrogen and oxygen atoms in total. The normalized spacial score (nSPS) is 32.7. The molecule has 2 aliphatic rings. The van der Waals surface area contributed by atoms with Crippen molar-refractivity contribution in [3.63, 3.8) is 0 Å². The Morgan fingerprint density at radius 3 is 2.58 bits per heavy atom. The van der Waals surface area contributed by atoms with Gasteiger partial charge in [0.15, 0.2) is 0 Å². The first kappa shape index (κ1) is 13.1. The molecule has 3 rings (SSSR count). The highest BCUT2D eigenvalue weighted by molar-refractivity contribution is 4.96. The number of aryl methyl sites for hydroxylation is 2. The minimum atomic E-state index is -0.159. The lowest BCUT2D eigenvalue weighted by atomic mass is 9.85. The number of piperidine rings is 1. The molecule has 106 valence electrons. The van der Waals surface area contributed by atoms with Gasteiger partial charge in [-0.05, 0) is 45.1 Å². The van der Waals surface area contributed by atoms with E-state index in [-0.39, 0.29) is 6.10 Å². The summed E-state index contributed by atoms with van der Waals surface area (Å²) in [4.78, 5) is 6.86. The maximum absolute atomic E-state index is 10.5. The largest absolute Gasteiger partial charge is 0.393 e. The summed E-state index contributed by atoms with van der Waals surface area (Å²) in [5, 5.41) is 10.5. The Kier molecular flexibility index (Phi) is 3.63. The van der Waals surface area contributed by atoms with Crippen LogP contribution in [0.2, 0.25) is 0 Å². The molecule has 0 aromatic carbocycles. The predicted molar refractivity (Wildman–Crippen MR) is 74.8 cm³/mol. The second-order valence-electron chi connectivity index (χ2n) is 6.34. The Morgan fingerprint density at radius 2 is 2.00 bits per heavy atom. The van der Waals surface area contributed by atoms with Crippen molar-refractivity contribution in [2.75, 3.05) is 7.05 Å². The number of nitrogens with zero attached hydrogens (tertiary/aromatic N) is 3. The van der Waals surface area contributed by atoms with Crippen LogP contribution in [0.4, 0.5) is 0 Å². The molecule has 4 heteroatoms. The van der Waals surface area contributed by atoms with Crippen molar-refractivity contribution in [3.8, 4) is 0 Å². The topological polar surface area (TPSA) is 41.3 Å². The molecule has 1 N–H and O–H groups in total. The molecular formula is C15H25N3O. The number of aliphatic hydroxyl groups excluding tert-OH is 1. The average molecular weight is 263 g/mol. The summed E-state index contributed by atoms with van der Waals surface area (Å²) in [5.74, 6) is 1.57. The van der Waals surface area contributed by atoms with E-state index in [1.54, 1.807) is 0 Å². The first-order valence-corrected chi connectivity index (χ1v) is 7.51. The smallest absolute Gasteiger partial charge is 0.108 e. The summed E-state index contributed by atoms with van der Waals surface area (Å²) in [6, 6.07) is 1.43. The van der Waals surface area contributed by atoms with Crippen LogP contribution in [0.1, 0.15) is 37.9 Å². The van der Waals surface area contributed by atoms with Crippen LogP contribution in [-0.4, -0.2) is 44.8 Å². The molecule has 1 aromatic rings. The van der Waals surface area contributed by atoms with Crippen molar-refractivity contribution in [1.29, 1.82) is 0 Å². The molecule has 2 bridgehead atoms. The van der Waals surface area contributed by atoms with E-state index in [0.717, 1.165) is 18.7 Å². The van der Waals surface area contributed by atoms with Crippen LogP contribution in [0, 0.1) is 5.92 Å². The summed E-state index contributed by atoms with van der Waals surface area (Å²) in [7, 11) is 4.27. The third-order valence-electron chi connectivity index (χ3n) is 5.26. The van der Waals surface area contributed by atoms with Gasteiger partial charge < -0.3 is 14.6 Å². The van der Waals surface area contributed by atoms with E-state index in [1.165, 1.54) is 25.7 Å². The van der Waals surface area contributed by atoms with Gasteiger partial charge in [0.25, 0.3) is 0 Å². The molecule has 2 aliphatic heterocycles. The van der Waals surface area contributed by atoms with Gasteiger partial charge in [0.2, 0.25) is 0 Å². The van der Waals surface area contributed by atoms with Crippen molar-refractivity contribution in [3.05, 3.63) is 18.2 Å².